The Bertz CT molecular complexity index is 591. The van der Waals surface area contributed by atoms with Gasteiger partial charge in [-0.05, 0) is 50.1 Å². The van der Waals surface area contributed by atoms with Crippen molar-refractivity contribution in [1.82, 2.24) is 9.88 Å². The van der Waals surface area contributed by atoms with Crippen molar-refractivity contribution < 1.29 is 4.74 Å². The fourth-order valence-electron chi connectivity index (χ4n) is 3.04. The van der Waals surface area contributed by atoms with E-state index in [1.807, 2.05) is 12.3 Å². The maximum Gasteiger partial charge on any atom is 0.0705 e. The Hall–Kier alpha value is -1.45. The van der Waals surface area contributed by atoms with E-state index in [1.165, 1.54) is 16.5 Å². The molecule has 3 heteroatoms. The molecule has 0 saturated carbocycles. The first-order chi connectivity index (χ1) is 9.75. The molecular weight excluding hydrogens is 248 g/mol. The Balaban J connectivity index is 1.87. The molecule has 1 aliphatic rings. The number of aromatic nitrogens is 1. The minimum absolute atomic E-state index is 0.634. The Morgan fingerprint density at radius 1 is 1.25 bits per heavy atom. The van der Waals surface area contributed by atoms with Gasteiger partial charge in [0, 0.05) is 37.4 Å². The van der Waals surface area contributed by atoms with Gasteiger partial charge >= 0.3 is 0 Å². The van der Waals surface area contributed by atoms with Crippen molar-refractivity contribution in [3.05, 3.63) is 41.6 Å². The summed E-state index contributed by atoms with van der Waals surface area (Å²) in [5.41, 5.74) is 3.85. The van der Waals surface area contributed by atoms with Gasteiger partial charge in [-0.15, -0.1) is 0 Å². The predicted molar refractivity (Wildman–Crippen MR) is 81.8 cm³/mol. The van der Waals surface area contributed by atoms with Crippen LogP contribution in [0.15, 0.2) is 30.5 Å². The number of rotatable bonds is 3. The van der Waals surface area contributed by atoms with E-state index in [0.29, 0.717) is 6.04 Å². The third-order valence-corrected chi connectivity index (χ3v) is 4.35. The van der Waals surface area contributed by atoms with Crippen LogP contribution in [0.25, 0.3) is 10.9 Å². The summed E-state index contributed by atoms with van der Waals surface area (Å²) in [5.74, 6) is 0. The highest BCUT2D eigenvalue weighted by Gasteiger charge is 2.19. The average Bonchev–Trinajstić information content (AvgIpc) is 2.51. The van der Waals surface area contributed by atoms with Crippen LogP contribution in [0.1, 0.15) is 24.0 Å². The lowest BCUT2D eigenvalue weighted by Crippen LogP contribution is -2.36. The van der Waals surface area contributed by atoms with Gasteiger partial charge in [0.05, 0.1) is 5.52 Å². The maximum absolute atomic E-state index is 5.46. The van der Waals surface area contributed by atoms with Crippen molar-refractivity contribution in [3.8, 4) is 0 Å². The molecule has 1 aliphatic heterocycles. The zero-order chi connectivity index (χ0) is 13.9. The zero-order valence-electron chi connectivity index (χ0n) is 12.3. The first kappa shape index (κ1) is 13.5. The lowest BCUT2D eigenvalue weighted by molar-refractivity contribution is 0.0407. The molecule has 1 fully saturated rings. The number of ether oxygens (including phenoxy) is 1. The molecule has 0 N–H and O–H groups in total. The van der Waals surface area contributed by atoms with Crippen molar-refractivity contribution in [3.63, 3.8) is 0 Å². The van der Waals surface area contributed by atoms with E-state index in [9.17, 15) is 0 Å². The van der Waals surface area contributed by atoms with Crippen LogP contribution in [0.4, 0.5) is 0 Å². The van der Waals surface area contributed by atoms with Crippen LogP contribution >= 0.6 is 0 Å². The summed E-state index contributed by atoms with van der Waals surface area (Å²) in [7, 11) is 2.23. The van der Waals surface area contributed by atoms with Gasteiger partial charge < -0.3 is 4.74 Å². The van der Waals surface area contributed by atoms with Gasteiger partial charge in [-0.1, -0.05) is 12.1 Å². The quantitative estimate of drug-likeness (QED) is 0.856. The third kappa shape index (κ3) is 2.69. The summed E-state index contributed by atoms with van der Waals surface area (Å²) in [6.07, 6.45) is 4.14. The average molecular weight is 270 g/mol. The Labute approximate surface area is 120 Å². The number of aryl methyl sites for hydroxylation is 1. The van der Waals surface area contributed by atoms with Crippen LogP contribution < -0.4 is 0 Å². The number of nitrogens with zero attached hydrogens (tertiary/aromatic N) is 2. The number of fused-ring (bicyclic) bond motifs is 1. The van der Waals surface area contributed by atoms with Crippen LogP contribution in [0.3, 0.4) is 0 Å². The molecule has 2 heterocycles. The van der Waals surface area contributed by atoms with Crippen LogP contribution in [0.2, 0.25) is 0 Å². The molecule has 1 saturated heterocycles. The van der Waals surface area contributed by atoms with Gasteiger partial charge in [0.2, 0.25) is 0 Å². The number of hydrogen-bond acceptors (Lipinski definition) is 3. The summed E-state index contributed by atoms with van der Waals surface area (Å²) in [5, 5.41) is 1.28. The monoisotopic (exact) mass is 270 g/mol. The predicted octanol–water partition coefficient (Wildman–Crippen LogP) is 3.15. The minimum atomic E-state index is 0.634. The number of hydrogen-bond donors (Lipinski definition) is 0. The second-order valence-electron chi connectivity index (χ2n) is 5.69. The van der Waals surface area contributed by atoms with Gasteiger partial charge in [0.25, 0.3) is 0 Å². The molecule has 1 aromatic carbocycles. The lowest BCUT2D eigenvalue weighted by Gasteiger charge is -2.31. The van der Waals surface area contributed by atoms with Crippen LogP contribution in [-0.2, 0) is 11.3 Å². The molecule has 0 radical (unpaired) electrons. The standard InChI is InChI=1S/C17H22N2O/c1-13-5-6-17-15(4-3-9-18-17)16(13)12-19(2)14-7-10-20-11-8-14/h3-6,9,14H,7-8,10-12H2,1-2H3. The molecule has 0 aliphatic carbocycles. The SMILES string of the molecule is Cc1ccc2ncccc2c1CN(C)C1CCOCC1. The van der Waals surface area contributed by atoms with E-state index in [4.69, 9.17) is 4.74 Å². The molecule has 0 amide bonds. The number of pyridine rings is 1. The van der Waals surface area contributed by atoms with Crippen LogP contribution in [0.5, 0.6) is 0 Å². The van der Waals surface area contributed by atoms with E-state index >= 15 is 0 Å². The topological polar surface area (TPSA) is 25.4 Å². The molecule has 0 unspecified atom stereocenters. The van der Waals surface area contributed by atoms with E-state index in [0.717, 1.165) is 38.1 Å². The summed E-state index contributed by atoms with van der Waals surface area (Å²) in [6.45, 7) is 4.97. The highest BCUT2D eigenvalue weighted by molar-refractivity contribution is 5.83. The normalized spacial score (nSPS) is 16.9. The van der Waals surface area contributed by atoms with Gasteiger partial charge in [-0.25, -0.2) is 0 Å². The van der Waals surface area contributed by atoms with Crippen molar-refractivity contribution in [2.24, 2.45) is 0 Å². The molecule has 0 spiro atoms. The van der Waals surface area contributed by atoms with Gasteiger partial charge in [-0.3, -0.25) is 9.88 Å². The Morgan fingerprint density at radius 2 is 2.05 bits per heavy atom. The minimum Gasteiger partial charge on any atom is -0.381 e. The first-order valence-corrected chi connectivity index (χ1v) is 7.37. The molecule has 0 atom stereocenters. The third-order valence-electron chi connectivity index (χ3n) is 4.35. The summed E-state index contributed by atoms with van der Waals surface area (Å²) >= 11 is 0. The van der Waals surface area contributed by atoms with Gasteiger partial charge in [0.15, 0.2) is 0 Å². The highest BCUT2D eigenvalue weighted by Crippen LogP contribution is 2.24. The first-order valence-electron chi connectivity index (χ1n) is 7.37. The molecule has 0 bridgehead atoms. The van der Waals surface area contributed by atoms with E-state index in [2.05, 4.69) is 42.1 Å². The van der Waals surface area contributed by atoms with Crippen molar-refractivity contribution >= 4 is 10.9 Å². The second-order valence-corrected chi connectivity index (χ2v) is 5.69. The molecule has 106 valence electrons. The van der Waals surface area contributed by atoms with E-state index < -0.39 is 0 Å². The van der Waals surface area contributed by atoms with E-state index in [1.54, 1.807) is 0 Å². The van der Waals surface area contributed by atoms with Crippen LogP contribution in [-0.4, -0.2) is 36.2 Å². The fourth-order valence-corrected chi connectivity index (χ4v) is 3.04. The largest absolute Gasteiger partial charge is 0.381 e. The fraction of sp³-hybridized carbons (Fsp3) is 0.471. The molecule has 2 aromatic rings. The Kier molecular flexibility index (Phi) is 3.99. The molecule has 3 rings (SSSR count). The summed E-state index contributed by atoms with van der Waals surface area (Å²) in [6, 6.07) is 9.14. The smallest absolute Gasteiger partial charge is 0.0705 e. The van der Waals surface area contributed by atoms with Gasteiger partial charge in [-0.2, -0.15) is 0 Å². The molecule has 20 heavy (non-hydrogen) atoms. The van der Waals surface area contributed by atoms with Gasteiger partial charge in [0.1, 0.15) is 0 Å². The molecular formula is C17H22N2O. The second kappa shape index (κ2) is 5.90. The summed E-state index contributed by atoms with van der Waals surface area (Å²) in [4.78, 5) is 6.93. The maximum atomic E-state index is 5.46. The van der Waals surface area contributed by atoms with Crippen molar-refractivity contribution in [1.29, 1.82) is 0 Å². The highest BCUT2D eigenvalue weighted by atomic mass is 16.5. The molecule has 1 aromatic heterocycles. The van der Waals surface area contributed by atoms with Crippen LogP contribution in [0, 0.1) is 6.92 Å². The van der Waals surface area contributed by atoms with E-state index in [-0.39, 0.29) is 0 Å². The Morgan fingerprint density at radius 3 is 2.85 bits per heavy atom. The summed E-state index contributed by atoms with van der Waals surface area (Å²) < 4.78 is 5.46. The van der Waals surface area contributed by atoms with Crippen molar-refractivity contribution in [2.75, 3.05) is 20.3 Å². The van der Waals surface area contributed by atoms with Crippen molar-refractivity contribution in [2.45, 2.75) is 32.4 Å². The number of benzene rings is 1. The lowest BCUT2D eigenvalue weighted by atomic mass is 10.0. The molecule has 3 nitrogen and oxygen atoms in total. The zero-order valence-corrected chi connectivity index (χ0v) is 12.3.